The molecule has 0 atom stereocenters. The molecule has 84 valence electrons. The van der Waals surface area contributed by atoms with Crippen molar-refractivity contribution in [1.82, 2.24) is 4.98 Å². The fourth-order valence-corrected chi connectivity index (χ4v) is 2.18. The number of fused-ring (bicyclic) bond motifs is 1. The first-order valence-corrected chi connectivity index (χ1v) is 5.23. The number of aromatic nitrogens is 1. The topological polar surface area (TPSA) is 68.7 Å². The van der Waals surface area contributed by atoms with Crippen LogP contribution >= 0.6 is 11.3 Å². The molecule has 0 radical (unpaired) electrons. The second-order valence-electron chi connectivity index (χ2n) is 3.01. The molecule has 0 unspecified atom stereocenters. The van der Waals surface area contributed by atoms with Crippen LogP contribution in [0.4, 0.5) is 0 Å². The molecule has 1 aromatic carbocycles. The van der Waals surface area contributed by atoms with Crippen molar-refractivity contribution in [3.05, 3.63) is 17.7 Å². The van der Waals surface area contributed by atoms with Gasteiger partial charge in [0, 0.05) is 0 Å². The van der Waals surface area contributed by atoms with Gasteiger partial charge in [-0.1, -0.05) is 11.3 Å². The number of benzene rings is 1. The molecule has 0 bridgehead atoms. The fourth-order valence-electron chi connectivity index (χ4n) is 1.34. The molecule has 1 heterocycles. The summed E-state index contributed by atoms with van der Waals surface area (Å²) in [4.78, 5) is 15.1. The number of methoxy groups -OCH3 is 2. The molecule has 0 spiro atoms. The second-order valence-corrected chi connectivity index (χ2v) is 4.01. The maximum atomic E-state index is 10.9. The lowest BCUT2D eigenvalue weighted by Gasteiger charge is -2.01. The number of carbonyl (C=O) groups is 1. The zero-order valence-electron chi connectivity index (χ0n) is 8.68. The van der Waals surface area contributed by atoms with Crippen molar-refractivity contribution in [3.63, 3.8) is 0 Å². The van der Waals surface area contributed by atoms with E-state index in [1.54, 1.807) is 6.07 Å². The van der Waals surface area contributed by atoms with Crippen LogP contribution < -0.4 is 9.47 Å². The fraction of sp³-hybridized carbons (Fsp3) is 0.200. The van der Waals surface area contributed by atoms with Crippen LogP contribution in [0.1, 0.15) is 10.4 Å². The van der Waals surface area contributed by atoms with Crippen molar-refractivity contribution in [2.24, 2.45) is 0 Å². The highest BCUT2D eigenvalue weighted by molar-refractivity contribution is 7.20. The maximum Gasteiger partial charge on any atom is 0.335 e. The van der Waals surface area contributed by atoms with Crippen LogP contribution in [0.3, 0.4) is 0 Å². The maximum absolute atomic E-state index is 10.9. The van der Waals surface area contributed by atoms with E-state index in [1.165, 1.54) is 31.6 Å². The Morgan fingerprint density at radius 2 is 2.12 bits per heavy atom. The van der Waals surface area contributed by atoms with Crippen molar-refractivity contribution in [3.8, 4) is 10.9 Å². The average Bonchev–Trinajstić information content (AvgIpc) is 2.70. The third-order valence-corrected chi connectivity index (χ3v) is 3.05. The van der Waals surface area contributed by atoms with Crippen molar-refractivity contribution in [2.75, 3.05) is 14.2 Å². The standard InChI is InChI=1S/C10H9NO4S/c1-14-6-3-5(9(12)13)4-7-8(6)11-10(15-2)16-7/h3-4H,1-2H3,(H,12,13). The molecule has 1 aromatic heterocycles. The Morgan fingerprint density at radius 1 is 1.38 bits per heavy atom. The summed E-state index contributed by atoms with van der Waals surface area (Å²) >= 11 is 1.28. The van der Waals surface area contributed by atoms with E-state index in [4.69, 9.17) is 14.6 Å². The SMILES string of the molecule is COc1nc2c(OC)cc(C(=O)O)cc2s1. The Morgan fingerprint density at radius 3 is 2.69 bits per heavy atom. The van der Waals surface area contributed by atoms with Gasteiger partial charge in [-0.2, -0.15) is 4.98 Å². The van der Waals surface area contributed by atoms with E-state index in [9.17, 15) is 4.79 Å². The van der Waals surface area contributed by atoms with Crippen LogP contribution in [-0.4, -0.2) is 30.3 Å². The molecule has 2 rings (SSSR count). The molecule has 1 N–H and O–H groups in total. The monoisotopic (exact) mass is 239 g/mol. The minimum atomic E-state index is -0.993. The van der Waals surface area contributed by atoms with Crippen LogP contribution in [0.15, 0.2) is 12.1 Å². The zero-order valence-corrected chi connectivity index (χ0v) is 9.50. The highest BCUT2D eigenvalue weighted by atomic mass is 32.1. The number of ether oxygens (including phenoxy) is 2. The van der Waals surface area contributed by atoms with Gasteiger partial charge in [-0.3, -0.25) is 0 Å². The smallest absolute Gasteiger partial charge is 0.335 e. The lowest BCUT2D eigenvalue weighted by Crippen LogP contribution is -1.97. The number of rotatable bonds is 3. The number of hydrogen-bond donors (Lipinski definition) is 1. The average molecular weight is 239 g/mol. The van der Waals surface area contributed by atoms with E-state index in [0.717, 1.165) is 4.70 Å². The molecule has 0 fully saturated rings. The molecule has 6 heteroatoms. The normalized spacial score (nSPS) is 10.4. The molecule has 0 saturated heterocycles. The van der Waals surface area contributed by atoms with Crippen LogP contribution in [0.5, 0.6) is 10.9 Å². The molecule has 0 aliphatic rings. The Kier molecular flexibility index (Phi) is 2.66. The molecule has 5 nitrogen and oxygen atoms in total. The molecule has 0 aliphatic carbocycles. The highest BCUT2D eigenvalue weighted by Gasteiger charge is 2.14. The van der Waals surface area contributed by atoms with Crippen LogP contribution in [-0.2, 0) is 0 Å². The quantitative estimate of drug-likeness (QED) is 0.887. The van der Waals surface area contributed by atoms with Gasteiger partial charge >= 0.3 is 5.97 Å². The van der Waals surface area contributed by atoms with E-state index in [-0.39, 0.29) is 5.56 Å². The minimum Gasteiger partial charge on any atom is -0.494 e. The third kappa shape index (κ3) is 1.67. The van der Waals surface area contributed by atoms with Crippen molar-refractivity contribution < 1.29 is 19.4 Å². The molecular weight excluding hydrogens is 230 g/mol. The predicted molar refractivity (Wildman–Crippen MR) is 59.7 cm³/mol. The summed E-state index contributed by atoms with van der Waals surface area (Å²) in [5.41, 5.74) is 0.796. The summed E-state index contributed by atoms with van der Waals surface area (Å²) in [5.74, 6) is -0.554. The Balaban J connectivity index is 2.70. The van der Waals surface area contributed by atoms with Crippen molar-refractivity contribution in [2.45, 2.75) is 0 Å². The number of carboxylic acids is 1. The Bertz CT molecular complexity index is 549. The van der Waals surface area contributed by atoms with Gasteiger partial charge in [0.25, 0.3) is 5.19 Å². The number of carboxylic acid groups (broad SMARTS) is 1. The first-order chi connectivity index (χ1) is 7.65. The van der Waals surface area contributed by atoms with Crippen LogP contribution in [0.25, 0.3) is 10.2 Å². The van der Waals surface area contributed by atoms with E-state index in [1.807, 2.05) is 0 Å². The molecule has 0 aliphatic heterocycles. The summed E-state index contributed by atoms with van der Waals surface area (Å²) in [6.07, 6.45) is 0. The summed E-state index contributed by atoms with van der Waals surface area (Å²) < 4.78 is 10.8. The molecule has 0 saturated carbocycles. The van der Waals surface area contributed by atoms with Gasteiger partial charge in [-0.15, -0.1) is 0 Å². The third-order valence-electron chi connectivity index (χ3n) is 2.08. The van der Waals surface area contributed by atoms with Gasteiger partial charge < -0.3 is 14.6 Å². The summed E-state index contributed by atoms with van der Waals surface area (Å²) in [7, 11) is 2.99. The Hall–Kier alpha value is -1.82. The lowest BCUT2D eigenvalue weighted by atomic mass is 10.2. The van der Waals surface area contributed by atoms with E-state index in [0.29, 0.717) is 16.5 Å². The summed E-state index contributed by atoms with van der Waals surface area (Å²) in [5, 5.41) is 9.41. The van der Waals surface area contributed by atoms with Gasteiger partial charge in [-0.25, -0.2) is 4.79 Å². The number of thiazole rings is 1. The highest BCUT2D eigenvalue weighted by Crippen LogP contribution is 2.34. The number of aromatic carboxylic acids is 1. The Labute approximate surface area is 95.3 Å². The largest absolute Gasteiger partial charge is 0.494 e. The molecule has 0 amide bonds. The van der Waals surface area contributed by atoms with Gasteiger partial charge in [-0.05, 0) is 12.1 Å². The molecular formula is C10H9NO4S. The van der Waals surface area contributed by atoms with Crippen LogP contribution in [0.2, 0.25) is 0 Å². The molecule has 16 heavy (non-hydrogen) atoms. The van der Waals surface area contributed by atoms with Gasteiger partial charge in [0.2, 0.25) is 0 Å². The van der Waals surface area contributed by atoms with Crippen molar-refractivity contribution >= 4 is 27.5 Å². The number of nitrogens with zero attached hydrogens (tertiary/aromatic N) is 1. The van der Waals surface area contributed by atoms with Gasteiger partial charge in [0.15, 0.2) is 0 Å². The zero-order chi connectivity index (χ0) is 11.7. The first-order valence-electron chi connectivity index (χ1n) is 4.41. The number of hydrogen-bond acceptors (Lipinski definition) is 5. The van der Waals surface area contributed by atoms with E-state index < -0.39 is 5.97 Å². The van der Waals surface area contributed by atoms with Gasteiger partial charge in [0.05, 0.1) is 24.5 Å². The van der Waals surface area contributed by atoms with Crippen molar-refractivity contribution in [1.29, 1.82) is 0 Å². The molecule has 2 aromatic rings. The van der Waals surface area contributed by atoms with Crippen LogP contribution in [0, 0.1) is 0 Å². The summed E-state index contributed by atoms with van der Waals surface area (Å²) in [6, 6.07) is 3.00. The van der Waals surface area contributed by atoms with E-state index >= 15 is 0 Å². The predicted octanol–water partition coefficient (Wildman–Crippen LogP) is 2.01. The lowest BCUT2D eigenvalue weighted by molar-refractivity contribution is 0.0696. The second kappa shape index (κ2) is 3.97. The van der Waals surface area contributed by atoms with E-state index in [2.05, 4.69) is 4.98 Å². The minimum absolute atomic E-state index is 0.177. The van der Waals surface area contributed by atoms with Gasteiger partial charge in [0.1, 0.15) is 11.3 Å². The first kappa shape index (κ1) is 10.7. The summed E-state index contributed by atoms with van der Waals surface area (Å²) in [6.45, 7) is 0.